The molecule has 1 aromatic carbocycles. The first-order chi connectivity index (χ1) is 14.3. The van der Waals surface area contributed by atoms with E-state index in [0.717, 1.165) is 51.0 Å². The van der Waals surface area contributed by atoms with E-state index in [4.69, 9.17) is 4.98 Å². The van der Waals surface area contributed by atoms with Crippen molar-refractivity contribution in [2.75, 3.05) is 44.7 Å². The minimum Gasteiger partial charge on any atom is -0.356 e. The van der Waals surface area contributed by atoms with E-state index in [1.54, 1.807) is 11.3 Å². The summed E-state index contributed by atoms with van der Waals surface area (Å²) in [5.74, 6) is 1.82. The van der Waals surface area contributed by atoms with Crippen LogP contribution in [-0.4, -0.2) is 55.6 Å². The number of halogens is 1. The average Bonchev–Trinajstić information content (AvgIpc) is 3.45. The van der Waals surface area contributed by atoms with Crippen molar-refractivity contribution in [2.24, 2.45) is 10.9 Å². The lowest BCUT2D eigenvalue weighted by Gasteiger charge is -2.34. The largest absolute Gasteiger partial charge is 0.356 e. The molecule has 4 rings (SSSR count). The summed E-state index contributed by atoms with van der Waals surface area (Å²) in [5, 5.41) is 6.97. The molecule has 0 radical (unpaired) electrons. The third-order valence-electron chi connectivity index (χ3n) is 6.07. The second-order valence-electron chi connectivity index (χ2n) is 8.16. The summed E-state index contributed by atoms with van der Waals surface area (Å²) in [6.07, 6.45) is 7.23. The molecule has 5 nitrogen and oxygen atoms in total. The van der Waals surface area contributed by atoms with E-state index in [1.807, 2.05) is 7.05 Å². The van der Waals surface area contributed by atoms with Crippen LogP contribution in [0.5, 0.6) is 0 Å². The maximum absolute atomic E-state index is 4.83. The van der Waals surface area contributed by atoms with Gasteiger partial charge in [-0.1, -0.05) is 30.3 Å². The lowest BCUT2D eigenvalue weighted by Crippen LogP contribution is -2.46. The fourth-order valence-electron chi connectivity index (χ4n) is 4.40. The normalized spacial score (nSPS) is 17.8. The van der Waals surface area contributed by atoms with E-state index in [9.17, 15) is 0 Å². The number of aromatic nitrogens is 1. The van der Waals surface area contributed by atoms with Crippen LogP contribution in [0.4, 0.5) is 5.13 Å². The number of aliphatic imine (C=N–C) groups is 1. The van der Waals surface area contributed by atoms with Crippen LogP contribution in [-0.2, 0) is 12.8 Å². The van der Waals surface area contributed by atoms with Gasteiger partial charge in [-0.25, -0.2) is 4.98 Å². The summed E-state index contributed by atoms with van der Waals surface area (Å²) in [4.78, 5) is 14.2. The maximum Gasteiger partial charge on any atom is 0.193 e. The number of guanidine groups is 1. The molecule has 30 heavy (non-hydrogen) atoms. The average molecular weight is 540 g/mol. The molecular weight excluding hydrogens is 505 g/mol. The fraction of sp³-hybridized carbons (Fsp3) is 0.565. The first kappa shape index (κ1) is 23.3. The number of nitrogens with one attached hydrogen (secondary N) is 1. The van der Waals surface area contributed by atoms with Gasteiger partial charge in [-0.15, -0.1) is 35.3 Å². The fourth-order valence-corrected chi connectivity index (χ4v) is 5.31. The smallest absolute Gasteiger partial charge is 0.193 e. The molecule has 2 aromatic rings. The molecule has 0 saturated carbocycles. The number of benzene rings is 1. The van der Waals surface area contributed by atoms with Gasteiger partial charge in [-0.3, -0.25) is 4.99 Å². The van der Waals surface area contributed by atoms with Crippen LogP contribution in [0.15, 0.2) is 40.7 Å². The van der Waals surface area contributed by atoms with Gasteiger partial charge in [0.1, 0.15) is 0 Å². The Balaban J connectivity index is 0.00000256. The Kier molecular flexibility index (Phi) is 9.24. The Labute approximate surface area is 202 Å². The summed E-state index contributed by atoms with van der Waals surface area (Å²) in [5.41, 5.74) is 2.66. The van der Waals surface area contributed by atoms with Crippen LogP contribution in [0, 0.1) is 5.92 Å². The molecule has 0 bridgehead atoms. The molecule has 0 aliphatic carbocycles. The van der Waals surface area contributed by atoms with Crippen molar-refractivity contribution in [1.82, 2.24) is 15.2 Å². The molecule has 1 N–H and O–H groups in total. The number of thiazole rings is 1. The zero-order valence-corrected chi connectivity index (χ0v) is 21.1. The van der Waals surface area contributed by atoms with Crippen molar-refractivity contribution >= 4 is 46.4 Å². The standard InChI is InChI=1S/C23H33N5S.HI/c1-24-22(25-12-9-21-18-29-23(26-21)28-13-5-6-14-28)27-15-10-20(11-16-27)17-19-7-3-2-4-8-19;/h2-4,7-8,18,20H,5-6,9-17H2,1H3,(H,24,25);1H. The van der Waals surface area contributed by atoms with Crippen LogP contribution in [0.2, 0.25) is 0 Å². The lowest BCUT2D eigenvalue weighted by atomic mass is 9.90. The Morgan fingerprint density at radius 3 is 2.57 bits per heavy atom. The second-order valence-corrected chi connectivity index (χ2v) is 9.00. The molecule has 2 fully saturated rings. The first-order valence-corrected chi connectivity index (χ1v) is 11.9. The third kappa shape index (κ3) is 6.33. The number of hydrogen-bond acceptors (Lipinski definition) is 4. The molecule has 7 heteroatoms. The maximum atomic E-state index is 4.83. The molecule has 1 aromatic heterocycles. The molecular formula is C23H34IN5S. The van der Waals surface area contributed by atoms with Gasteiger partial charge in [-0.2, -0.15) is 0 Å². The monoisotopic (exact) mass is 539 g/mol. The van der Waals surface area contributed by atoms with Crippen LogP contribution < -0.4 is 10.2 Å². The van der Waals surface area contributed by atoms with Crippen molar-refractivity contribution in [3.05, 3.63) is 47.0 Å². The molecule has 2 aliphatic rings. The number of nitrogens with zero attached hydrogens (tertiary/aromatic N) is 4. The number of likely N-dealkylation sites (tertiary alicyclic amines) is 1. The Morgan fingerprint density at radius 2 is 1.87 bits per heavy atom. The van der Waals surface area contributed by atoms with Crippen LogP contribution in [0.1, 0.15) is 36.9 Å². The van der Waals surface area contributed by atoms with Crippen LogP contribution >= 0.6 is 35.3 Å². The predicted molar refractivity (Wildman–Crippen MR) is 138 cm³/mol. The van der Waals surface area contributed by atoms with E-state index < -0.39 is 0 Å². The zero-order chi connectivity index (χ0) is 19.9. The first-order valence-electron chi connectivity index (χ1n) is 11.0. The van der Waals surface area contributed by atoms with Gasteiger partial charge in [0.2, 0.25) is 0 Å². The Morgan fingerprint density at radius 1 is 1.13 bits per heavy atom. The highest BCUT2D eigenvalue weighted by molar-refractivity contribution is 14.0. The molecule has 3 heterocycles. The molecule has 0 atom stereocenters. The number of anilines is 1. The highest BCUT2D eigenvalue weighted by atomic mass is 127. The number of rotatable bonds is 6. The van der Waals surface area contributed by atoms with E-state index in [-0.39, 0.29) is 24.0 Å². The van der Waals surface area contributed by atoms with E-state index in [2.05, 4.69) is 55.8 Å². The van der Waals surface area contributed by atoms with Gasteiger partial charge in [0, 0.05) is 51.6 Å². The lowest BCUT2D eigenvalue weighted by molar-refractivity contribution is 0.259. The van der Waals surface area contributed by atoms with Crippen LogP contribution in [0.3, 0.4) is 0 Å². The van der Waals surface area contributed by atoms with Crippen molar-refractivity contribution in [2.45, 2.75) is 38.5 Å². The highest BCUT2D eigenvalue weighted by Gasteiger charge is 2.21. The number of hydrogen-bond donors (Lipinski definition) is 1. The number of piperidine rings is 1. The molecule has 164 valence electrons. The van der Waals surface area contributed by atoms with E-state index >= 15 is 0 Å². The molecule has 2 aliphatic heterocycles. The minimum atomic E-state index is 0. The van der Waals surface area contributed by atoms with Crippen molar-refractivity contribution < 1.29 is 0 Å². The Hall–Kier alpha value is -1.35. The summed E-state index contributed by atoms with van der Waals surface area (Å²) in [6.45, 7) is 5.40. The SMILES string of the molecule is CN=C(NCCc1csc(N2CCCC2)n1)N1CCC(Cc2ccccc2)CC1.I. The molecule has 2 saturated heterocycles. The quantitative estimate of drug-likeness (QED) is 0.335. The minimum absolute atomic E-state index is 0. The Bertz CT molecular complexity index is 780. The topological polar surface area (TPSA) is 43.8 Å². The van der Waals surface area contributed by atoms with Crippen molar-refractivity contribution in [3.8, 4) is 0 Å². The van der Waals surface area contributed by atoms with Crippen LogP contribution in [0.25, 0.3) is 0 Å². The summed E-state index contributed by atoms with van der Waals surface area (Å²) < 4.78 is 0. The van der Waals surface area contributed by atoms with Gasteiger partial charge >= 0.3 is 0 Å². The van der Waals surface area contributed by atoms with Crippen molar-refractivity contribution in [1.29, 1.82) is 0 Å². The van der Waals surface area contributed by atoms with Gasteiger partial charge < -0.3 is 15.1 Å². The molecule has 0 unspecified atom stereocenters. The summed E-state index contributed by atoms with van der Waals surface area (Å²) in [7, 11) is 1.90. The van der Waals surface area contributed by atoms with Gasteiger partial charge in [0.25, 0.3) is 0 Å². The second kappa shape index (κ2) is 11.9. The molecule has 0 amide bonds. The van der Waals surface area contributed by atoms with E-state index in [1.165, 1.54) is 48.5 Å². The van der Waals surface area contributed by atoms with Gasteiger partial charge in [0.15, 0.2) is 11.1 Å². The zero-order valence-electron chi connectivity index (χ0n) is 17.9. The third-order valence-corrected chi connectivity index (χ3v) is 7.02. The van der Waals surface area contributed by atoms with Gasteiger partial charge in [0.05, 0.1) is 5.69 Å². The van der Waals surface area contributed by atoms with Crippen molar-refractivity contribution in [3.63, 3.8) is 0 Å². The molecule has 0 spiro atoms. The van der Waals surface area contributed by atoms with Gasteiger partial charge in [-0.05, 0) is 43.6 Å². The predicted octanol–water partition coefficient (Wildman–Crippen LogP) is 4.43. The highest BCUT2D eigenvalue weighted by Crippen LogP contribution is 2.24. The summed E-state index contributed by atoms with van der Waals surface area (Å²) in [6, 6.07) is 10.9. The van der Waals surface area contributed by atoms with E-state index in [0.29, 0.717) is 0 Å². The summed E-state index contributed by atoms with van der Waals surface area (Å²) >= 11 is 1.79.